The van der Waals surface area contributed by atoms with Crippen LogP contribution in [0.5, 0.6) is 0 Å². The Morgan fingerprint density at radius 3 is 2.76 bits per heavy atom. The smallest absolute Gasteiger partial charge is 0.250 e. The van der Waals surface area contributed by atoms with Gasteiger partial charge in [0.05, 0.1) is 0 Å². The van der Waals surface area contributed by atoms with Gasteiger partial charge in [0.25, 0.3) is 0 Å². The molecular formula is C15H18N2O2S2. The molecule has 1 unspecified atom stereocenters. The summed E-state index contributed by atoms with van der Waals surface area (Å²) < 4.78 is 28.0. The maximum atomic E-state index is 12.4. The molecule has 0 spiro atoms. The first-order chi connectivity index (χ1) is 10.1. The van der Waals surface area contributed by atoms with Crippen LogP contribution in [-0.4, -0.2) is 14.5 Å². The molecule has 0 aliphatic heterocycles. The molecule has 6 heteroatoms. The summed E-state index contributed by atoms with van der Waals surface area (Å²) in [4.78, 5) is 0. The van der Waals surface area contributed by atoms with Crippen LogP contribution in [0.2, 0.25) is 0 Å². The standard InChI is InChI=1S/C15H18N2O2S2/c16-9-11-7-15(20-10-11)21(18,19)17-14-6-5-12-3-1-2-4-13(12)8-14/h1-4,7,10,14,17H,5-6,8-9,16H2. The van der Waals surface area contributed by atoms with E-state index in [4.69, 9.17) is 5.73 Å². The largest absolute Gasteiger partial charge is 0.326 e. The Morgan fingerprint density at radius 1 is 1.29 bits per heavy atom. The van der Waals surface area contributed by atoms with Crippen LogP contribution in [0.25, 0.3) is 0 Å². The zero-order valence-corrected chi connectivity index (χ0v) is 13.2. The highest BCUT2D eigenvalue weighted by Gasteiger charge is 2.25. The molecule has 0 radical (unpaired) electrons. The molecule has 0 bridgehead atoms. The summed E-state index contributed by atoms with van der Waals surface area (Å²) in [5.41, 5.74) is 8.96. The third-order valence-corrected chi connectivity index (χ3v) is 6.81. The summed E-state index contributed by atoms with van der Waals surface area (Å²) in [6.07, 6.45) is 2.51. The Morgan fingerprint density at radius 2 is 2.05 bits per heavy atom. The zero-order chi connectivity index (χ0) is 14.9. The van der Waals surface area contributed by atoms with Gasteiger partial charge in [-0.2, -0.15) is 0 Å². The summed E-state index contributed by atoms with van der Waals surface area (Å²) in [5, 5.41) is 1.80. The first kappa shape index (κ1) is 14.7. The minimum atomic E-state index is -3.44. The molecule has 21 heavy (non-hydrogen) atoms. The maximum Gasteiger partial charge on any atom is 0.250 e. The van der Waals surface area contributed by atoms with E-state index >= 15 is 0 Å². The number of aryl methyl sites for hydroxylation is 1. The molecule has 1 aliphatic carbocycles. The predicted octanol–water partition coefficient (Wildman–Crippen LogP) is 2.04. The zero-order valence-electron chi connectivity index (χ0n) is 11.6. The number of sulfonamides is 1. The molecule has 1 aromatic carbocycles. The number of rotatable bonds is 4. The lowest BCUT2D eigenvalue weighted by atomic mass is 9.89. The predicted molar refractivity (Wildman–Crippen MR) is 84.8 cm³/mol. The van der Waals surface area contributed by atoms with Crippen LogP contribution < -0.4 is 10.5 Å². The van der Waals surface area contributed by atoms with Gasteiger partial charge in [-0.3, -0.25) is 0 Å². The second kappa shape index (κ2) is 5.88. The quantitative estimate of drug-likeness (QED) is 0.905. The lowest BCUT2D eigenvalue weighted by Crippen LogP contribution is -2.38. The van der Waals surface area contributed by atoms with E-state index in [1.807, 2.05) is 12.1 Å². The highest BCUT2D eigenvalue weighted by Crippen LogP contribution is 2.24. The van der Waals surface area contributed by atoms with Gasteiger partial charge in [0.2, 0.25) is 10.0 Å². The topological polar surface area (TPSA) is 72.2 Å². The van der Waals surface area contributed by atoms with Crippen molar-refractivity contribution in [1.82, 2.24) is 4.72 Å². The molecule has 112 valence electrons. The first-order valence-electron chi connectivity index (χ1n) is 6.95. The summed E-state index contributed by atoms with van der Waals surface area (Å²) in [5.74, 6) is 0. The molecule has 1 atom stereocenters. The van der Waals surface area contributed by atoms with Gasteiger partial charge in [-0.1, -0.05) is 24.3 Å². The van der Waals surface area contributed by atoms with Gasteiger partial charge in [0.15, 0.2) is 0 Å². The van der Waals surface area contributed by atoms with Crippen LogP contribution in [0.15, 0.2) is 39.9 Å². The van der Waals surface area contributed by atoms with E-state index in [2.05, 4.69) is 16.9 Å². The van der Waals surface area contributed by atoms with Crippen molar-refractivity contribution in [2.24, 2.45) is 5.73 Å². The Labute approximate surface area is 129 Å². The van der Waals surface area contributed by atoms with Crippen molar-refractivity contribution < 1.29 is 8.42 Å². The molecule has 0 amide bonds. The summed E-state index contributed by atoms with van der Waals surface area (Å²) >= 11 is 1.22. The summed E-state index contributed by atoms with van der Waals surface area (Å²) in [6, 6.07) is 9.85. The average molecular weight is 322 g/mol. The second-order valence-corrected chi connectivity index (χ2v) is 8.16. The van der Waals surface area contributed by atoms with Crippen LogP contribution in [0.1, 0.15) is 23.1 Å². The van der Waals surface area contributed by atoms with Gasteiger partial charge in [-0.25, -0.2) is 13.1 Å². The van der Waals surface area contributed by atoms with Crippen molar-refractivity contribution in [3.8, 4) is 0 Å². The van der Waals surface area contributed by atoms with Crippen LogP contribution in [-0.2, 0) is 29.4 Å². The third-order valence-electron chi connectivity index (χ3n) is 3.80. The monoisotopic (exact) mass is 322 g/mol. The van der Waals surface area contributed by atoms with Crippen molar-refractivity contribution in [3.63, 3.8) is 0 Å². The lowest BCUT2D eigenvalue weighted by molar-refractivity contribution is 0.508. The van der Waals surface area contributed by atoms with E-state index < -0.39 is 10.0 Å². The molecule has 3 N–H and O–H groups in total. The van der Waals surface area contributed by atoms with E-state index in [9.17, 15) is 8.42 Å². The van der Waals surface area contributed by atoms with Gasteiger partial charge < -0.3 is 5.73 Å². The van der Waals surface area contributed by atoms with Gasteiger partial charge in [0, 0.05) is 12.6 Å². The number of thiophene rings is 1. The Kier molecular flexibility index (Phi) is 4.12. The highest BCUT2D eigenvalue weighted by molar-refractivity contribution is 7.91. The molecular weight excluding hydrogens is 304 g/mol. The van der Waals surface area contributed by atoms with Crippen molar-refractivity contribution in [2.45, 2.75) is 36.1 Å². The van der Waals surface area contributed by atoms with Crippen molar-refractivity contribution in [1.29, 1.82) is 0 Å². The van der Waals surface area contributed by atoms with Crippen molar-refractivity contribution in [2.75, 3.05) is 0 Å². The number of hydrogen-bond donors (Lipinski definition) is 2. The minimum absolute atomic E-state index is 0.0340. The van der Waals surface area contributed by atoms with E-state index in [0.717, 1.165) is 24.8 Å². The van der Waals surface area contributed by atoms with E-state index in [0.29, 0.717) is 10.8 Å². The fourth-order valence-electron chi connectivity index (χ4n) is 2.68. The first-order valence-corrected chi connectivity index (χ1v) is 9.31. The van der Waals surface area contributed by atoms with E-state index in [-0.39, 0.29) is 6.04 Å². The number of hydrogen-bond acceptors (Lipinski definition) is 4. The van der Waals surface area contributed by atoms with E-state index in [1.165, 1.54) is 22.5 Å². The Bertz CT molecular complexity index is 738. The molecule has 3 rings (SSSR count). The lowest BCUT2D eigenvalue weighted by Gasteiger charge is -2.25. The highest BCUT2D eigenvalue weighted by atomic mass is 32.2. The second-order valence-electron chi connectivity index (χ2n) is 5.31. The number of nitrogens with two attached hydrogens (primary N) is 1. The summed E-state index contributed by atoms with van der Waals surface area (Å²) in [7, 11) is -3.44. The van der Waals surface area contributed by atoms with Gasteiger partial charge in [0.1, 0.15) is 4.21 Å². The molecule has 1 heterocycles. The molecule has 0 saturated heterocycles. The maximum absolute atomic E-state index is 12.4. The molecule has 0 saturated carbocycles. The SMILES string of the molecule is NCc1csc(S(=O)(=O)NC2CCc3ccccc3C2)c1. The Hall–Kier alpha value is -1.21. The molecule has 0 fully saturated rings. The Balaban J connectivity index is 1.75. The fraction of sp³-hybridized carbons (Fsp3) is 0.333. The molecule has 1 aromatic heterocycles. The van der Waals surface area contributed by atoms with Crippen LogP contribution in [0.4, 0.5) is 0 Å². The third kappa shape index (κ3) is 3.18. The van der Waals surface area contributed by atoms with Crippen molar-refractivity contribution in [3.05, 3.63) is 52.4 Å². The number of fused-ring (bicyclic) bond motifs is 1. The van der Waals surface area contributed by atoms with Gasteiger partial charge in [-0.15, -0.1) is 11.3 Å². The van der Waals surface area contributed by atoms with Crippen LogP contribution >= 0.6 is 11.3 Å². The van der Waals surface area contributed by atoms with Crippen LogP contribution in [0.3, 0.4) is 0 Å². The molecule has 2 aromatic rings. The average Bonchev–Trinajstić information content (AvgIpc) is 2.96. The minimum Gasteiger partial charge on any atom is -0.326 e. The van der Waals surface area contributed by atoms with E-state index in [1.54, 1.807) is 11.4 Å². The molecule has 1 aliphatic rings. The van der Waals surface area contributed by atoms with Crippen LogP contribution in [0, 0.1) is 0 Å². The molecule has 4 nitrogen and oxygen atoms in total. The van der Waals surface area contributed by atoms with Crippen molar-refractivity contribution >= 4 is 21.4 Å². The number of nitrogens with one attached hydrogen (secondary N) is 1. The van der Waals surface area contributed by atoms with Gasteiger partial charge >= 0.3 is 0 Å². The summed E-state index contributed by atoms with van der Waals surface area (Å²) in [6.45, 7) is 0.364. The number of benzene rings is 1. The fourth-order valence-corrected chi connectivity index (χ4v) is 5.19. The normalized spacial score (nSPS) is 18.4. The van der Waals surface area contributed by atoms with Gasteiger partial charge in [-0.05, 0) is 47.4 Å².